The molecule has 0 radical (unpaired) electrons. The number of piperidine rings is 1. The Balaban J connectivity index is 2.13. The minimum Gasteiger partial charge on any atom is -0.396 e. The summed E-state index contributed by atoms with van der Waals surface area (Å²) in [6.07, 6.45) is 3.43. The molecule has 1 aromatic rings. The van der Waals surface area contributed by atoms with Crippen molar-refractivity contribution in [1.82, 2.24) is 5.32 Å². The van der Waals surface area contributed by atoms with Crippen LogP contribution in [0.25, 0.3) is 0 Å². The molecule has 1 heterocycles. The fraction of sp³-hybridized carbons (Fsp3) is 0.647. The van der Waals surface area contributed by atoms with Gasteiger partial charge in [-0.2, -0.15) is 0 Å². The highest BCUT2D eigenvalue weighted by molar-refractivity contribution is 5.55. The first-order chi connectivity index (χ1) is 9.74. The lowest BCUT2D eigenvalue weighted by Crippen LogP contribution is -2.36. The van der Waals surface area contributed by atoms with E-state index in [-0.39, 0.29) is 0 Å². The second kappa shape index (κ2) is 7.65. The number of hydrogen-bond donors (Lipinski definition) is 2. The molecule has 2 rings (SSSR count). The summed E-state index contributed by atoms with van der Waals surface area (Å²) in [5, 5.41) is 12.6. The normalized spacial score (nSPS) is 19.4. The van der Waals surface area contributed by atoms with Crippen molar-refractivity contribution in [3.05, 3.63) is 29.3 Å². The molecule has 1 aliphatic rings. The van der Waals surface area contributed by atoms with Crippen molar-refractivity contribution < 1.29 is 5.11 Å². The van der Waals surface area contributed by atoms with Crippen LogP contribution in [0.4, 0.5) is 5.69 Å². The van der Waals surface area contributed by atoms with Gasteiger partial charge in [-0.15, -0.1) is 0 Å². The molecule has 0 amide bonds. The fourth-order valence-corrected chi connectivity index (χ4v) is 3.13. The molecule has 20 heavy (non-hydrogen) atoms. The number of aliphatic hydroxyl groups is 1. The summed E-state index contributed by atoms with van der Waals surface area (Å²) in [5.74, 6) is 0.641. The van der Waals surface area contributed by atoms with Crippen molar-refractivity contribution >= 4 is 5.69 Å². The van der Waals surface area contributed by atoms with Gasteiger partial charge in [-0.3, -0.25) is 0 Å². The lowest BCUT2D eigenvalue weighted by molar-refractivity contribution is 0.244. The average molecular weight is 276 g/mol. The van der Waals surface area contributed by atoms with Crippen LogP contribution in [-0.2, 0) is 6.54 Å². The summed E-state index contributed by atoms with van der Waals surface area (Å²) in [7, 11) is 0. The maximum Gasteiger partial charge on any atom is 0.0434 e. The third-order valence-corrected chi connectivity index (χ3v) is 4.20. The monoisotopic (exact) mass is 276 g/mol. The van der Waals surface area contributed by atoms with Crippen molar-refractivity contribution in [3.63, 3.8) is 0 Å². The SMILES string of the molecule is CCNCc1cc(C)ccc1N1CCCC(CCO)C1. The molecule has 3 nitrogen and oxygen atoms in total. The van der Waals surface area contributed by atoms with E-state index < -0.39 is 0 Å². The quantitative estimate of drug-likeness (QED) is 0.838. The van der Waals surface area contributed by atoms with Crippen LogP contribution in [0, 0.1) is 12.8 Å². The molecular formula is C17H28N2O. The second-order valence-electron chi connectivity index (χ2n) is 5.88. The van der Waals surface area contributed by atoms with Gasteiger partial charge in [0.05, 0.1) is 0 Å². The van der Waals surface area contributed by atoms with Gasteiger partial charge in [0, 0.05) is 31.9 Å². The largest absolute Gasteiger partial charge is 0.396 e. The lowest BCUT2D eigenvalue weighted by atomic mass is 9.94. The van der Waals surface area contributed by atoms with Crippen molar-refractivity contribution in [1.29, 1.82) is 0 Å². The molecule has 0 bridgehead atoms. The molecule has 0 saturated carbocycles. The highest BCUT2D eigenvalue weighted by Gasteiger charge is 2.21. The van der Waals surface area contributed by atoms with E-state index in [2.05, 4.69) is 42.3 Å². The third kappa shape index (κ3) is 3.97. The molecule has 1 aromatic carbocycles. The molecule has 0 aromatic heterocycles. The third-order valence-electron chi connectivity index (χ3n) is 4.20. The minimum atomic E-state index is 0.316. The zero-order valence-electron chi connectivity index (χ0n) is 12.9. The molecule has 1 aliphatic heterocycles. The van der Waals surface area contributed by atoms with E-state index in [9.17, 15) is 0 Å². The first kappa shape index (κ1) is 15.3. The van der Waals surface area contributed by atoms with Crippen LogP contribution >= 0.6 is 0 Å². The predicted octanol–water partition coefficient (Wildman–Crippen LogP) is 2.70. The smallest absolute Gasteiger partial charge is 0.0434 e. The summed E-state index contributed by atoms with van der Waals surface area (Å²) < 4.78 is 0. The van der Waals surface area contributed by atoms with Gasteiger partial charge in [-0.1, -0.05) is 24.6 Å². The molecular weight excluding hydrogens is 248 g/mol. The molecule has 112 valence electrons. The number of rotatable bonds is 6. The Morgan fingerprint density at radius 1 is 1.40 bits per heavy atom. The Hall–Kier alpha value is -1.06. The molecule has 2 N–H and O–H groups in total. The first-order valence-corrected chi connectivity index (χ1v) is 7.90. The highest BCUT2D eigenvalue weighted by atomic mass is 16.3. The van der Waals surface area contributed by atoms with Crippen LogP contribution in [0.3, 0.4) is 0 Å². The summed E-state index contributed by atoms with van der Waals surface area (Å²) >= 11 is 0. The Morgan fingerprint density at radius 3 is 3.00 bits per heavy atom. The standard InChI is InChI=1S/C17H28N2O/c1-3-18-12-16-11-14(2)6-7-17(16)19-9-4-5-15(13-19)8-10-20/h6-7,11,15,18,20H,3-5,8-10,12-13H2,1-2H3. The number of benzene rings is 1. The minimum absolute atomic E-state index is 0.316. The summed E-state index contributed by atoms with van der Waals surface area (Å²) in [6.45, 7) is 8.79. The molecule has 1 atom stereocenters. The van der Waals surface area contributed by atoms with Crippen molar-refractivity contribution in [2.75, 3.05) is 31.1 Å². The van der Waals surface area contributed by atoms with Crippen LogP contribution < -0.4 is 10.2 Å². The Morgan fingerprint density at radius 2 is 2.25 bits per heavy atom. The summed E-state index contributed by atoms with van der Waals surface area (Å²) in [6, 6.07) is 6.78. The average Bonchev–Trinajstić information content (AvgIpc) is 2.46. The Labute approximate surface area is 123 Å². The molecule has 1 fully saturated rings. The maximum atomic E-state index is 9.15. The molecule has 0 spiro atoms. The number of nitrogens with zero attached hydrogens (tertiary/aromatic N) is 1. The number of hydrogen-bond acceptors (Lipinski definition) is 3. The van der Waals surface area contributed by atoms with Gasteiger partial charge >= 0.3 is 0 Å². The van der Waals surface area contributed by atoms with Crippen LogP contribution in [0.2, 0.25) is 0 Å². The van der Waals surface area contributed by atoms with Gasteiger partial charge < -0.3 is 15.3 Å². The van der Waals surface area contributed by atoms with E-state index in [0.29, 0.717) is 12.5 Å². The second-order valence-corrected chi connectivity index (χ2v) is 5.88. The highest BCUT2D eigenvalue weighted by Crippen LogP contribution is 2.28. The zero-order valence-corrected chi connectivity index (χ0v) is 12.9. The van der Waals surface area contributed by atoms with Gasteiger partial charge in [0.25, 0.3) is 0 Å². The molecule has 3 heteroatoms. The number of aliphatic hydroxyl groups excluding tert-OH is 1. The van der Waals surface area contributed by atoms with E-state index in [4.69, 9.17) is 5.11 Å². The zero-order chi connectivity index (χ0) is 14.4. The van der Waals surface area contributed by atoms with Crippen LogP contribution in [0.15, 0.2) is 18.2 Å². The predicted molar refractivity (Wildman–Crippen MR) is 85.2 cm³/mol. The van der Waals surface area contributed by atoms with Crippen molar-refractivity contribution in [3.8, 4) is 0 Å². The van der Waals surface area contributed by atoms with Gasteiger partial charge in [-0.05, 0) is 50.3 Å². The van der Waals surface area contributed by atoms with Crippen molar-refractivity contribution in [2.45, 2.75) is 39.7 Å². The molecule has 1 unspecified atom stereocenters. The van der Waals surface area contributed by atoms with E-state index in [0.717, 1.165) is 32.6 Å². The molecule has 1 saturated heterocycles. The van der Waals surface area contributed by atoms with Gasteiger partial charge in [-0.25, -0.2) is 0 Å². The topological polar surface area (TPSA) is 35.5 Å². The van der Waals surface area contributed by atoms with Crippen molar-refractivity contribution in [2.24, 2.45) is 5.92 Å². The van der Waals surface area contributed by atoms with E-state index in [1.54, 1.807) is 0 Å². The van der Waals surface area contributed by atoms with E-state index in [1.807, 2.05) is 0 Å². The summed E-state index contributed by atoms with van der Waals surface area (Å²) in [4.78, 5) is 2.51. The van der Waals surface area contributed by atoms with E-state index in [1.165, 1.54) is 29.7 Å². The first-order valence-electron chi connectivity index (χ1n) is 7.90. The number of anilines is 1. The number of aryl methyl sites for hydroxylation is 1. The van der Waals surface area contributed by atoms with Crippen LogP contribution in [0.5, 0.6) is 0 Å². The van der Waals surface area contributed by atoms with Crippen LogP contribution in [0.1, 0.15) is 37.3 Å². The van der Waals surface area contributed by atoms with E-state index >= 15 is 0 Å². The fourth-order valence-electron chi connectivity index (χ4n) is 3.13. The summed E-state index contributed by atoms with van der Waals surface area (Å²) in [5.41, 5.74) is 4.10. The van der Waals surface area contributed by atoms with Crippen LogP contribution in [-0.4, -0.2) is 31.3 Å². The molecule has 0 aliphatic carbocycles. The maximum absolute atomic E-state index is 9.15. The number of nitrogens with one attached hydrogen (secondary N) is 1. The Kier molecular flexibility index (Phi) is 5.86. The van der Waals surface area contributed by atoms with Gasteiger partial charge in [0.15, 0.2) is 0 Å². The Bertz CT molecular complexity index is 417. The lowest BCUT2D eigenvalue weighted by Gasteiger charge is -2.35. The van der Waals surface area contributed by atoms with Gasteiger partial charge in [0.2, 0.25) is 0 Å². The van der Waals surface area contributed by atoms with Gasteiger partial charge in [0.1, 0.15) is 0 Å².